The van der Waals surface area contributed by atoms with Crippen LogP contribution in [0.25, 0.3) is 0 Å². The van der Waals surface area contributed by atoms with Gasteiger partial charge < -0.3 is 5.11 Å². The Labute approximate surface area is 101 Å². The van der Waals surface area contributed by atoms with Gasteiger partial charge >= 0.3 is 0 Å². The van der Waals surface area contributed by atoms with E-state index in [2.05, 4.69) is 9.97 Å². The fourth-order valence-corrected chi connectivity index (χ4v) is 1.84. The summed E-state index contributed by atoms with van der Waals surface area (Å²) in [5.74, 6) is 0. The molecule has 1 aromatic rings. The van der Waals surface area contributed by atoms with Crippen LogP contribution in [0.2, 0.25) is 5.28 Å². The molecule has 1 unspecified atom stereocenters. The average molecular weight is 288 g/mol. The molecule has 0 fully saturated rings. The first kappa shape index (κ1) is 14.2. The Bertz CT molecular complexity index is 468. The van der Waals surface area contributed by atoms with Crippen LogP contribution in [0.1, 0.15) is 0 Å². The van der Waals surface area contributed by atoms with E-state index in [4.69, 9.17) is 16.7 Å². The van der Waals surface area contributed by atoms with Crippen LogP contribution in [0, 0.1) is 0 Å². The lowest BCUT2D eigenvalue weighted by molar-refractivity contribution is -0.000452. The van der Waals surface area contributed by atoms with Crippen LogP contribution in [0.15, 0.2) is 17.3 Å². The van der Waals surface area contributed by atoms with E-state index in [-0.39, 0.29) is 10.2 Å². The van der Waals surface area contributed by atoms with Crippen molar-refractivity contribution in [3.8, 4) is 0 Å². The van der Waals surface area contributed by atoms with E-state index in [1.54, 1.807) is 4.72 Å². The Balaban J connectivity index is 2.72. The maximum Gasteiger partial charge on any atom is 0.265 e. The predicted octanol–water partition coefficient (Wildman–Crippen LogP) is 0.0343. The van der Waals surface area contributed by atoms with Crippen LogP contribution >= 0.6 is 11.6 Å². The van der Waals surface area contributed by atoms with E-state index in [1.807, 2.05) is 0 Å². The Kier molecular flexibility index (Phi) is 4.69. The van der Waals surface area contributed by atoms with E-state index < -0.39 is 29.1 Å². The molecule has 96 valence electrons. The number of alkyl halides is 2. The van der Waals surface area contributed by atoms with Gasteiger partial charge in [0, 0.05) is 6.54 Å². The maximum atomic E-state index is 11.9. The highest BCUT2D eigenvalue weighted by molar-refractivity contribution is 7.89. The number of aromatic nitrogens is 2. The third-order valence-electron chi connectivity index (χ3n) is 1.68. The van der Waals surface area contributed by atoms with Crippen LogP contribution in [-0.2, 0) is 10.0 Å². The van der Waals surface area contributed by atoms with Gasteiger partial charge in [0.05, 0.1) is 12.4 Å². The number of hydrogen-bond acceptors (Lipinski definition) is 5. The smallest absolute Gasteiger partial charge is 0.265 e. The summed E-state index contributed by atoms with van der Waals surface area (Å²) in [6.45, 7) is -0.803. The maximum absolute atomic E-state index is 11.9. The molecule has 1 rings (SSSR count). The SMILES string of the molecule is O=S(=O)(NCC(O)C(F)F)c1cnc(Cl)nc1. The van der Waals surface area contributed by atoms with E-state index in [0.29, 0.717) is 0 Å². The first-order valence-corrected chi connectivity index (χ1v) is 6.12. The van der Waals surface area contributed by atoms with E-state index in [0.717, 1.165) is 12.4 Å². The van der Waals surface area contributed by atoms with Crippen molar-refractivity contribution in [2.24, 2.45) is 0 Å². The van der Waals surface area contributed by atoms with Gasteiger partial charge in [0.2, 0.25) is 15.3 Å². The van der Waals surface area contributed by atoms with Gasteiger partial charge in [-0.2, -0.15) is 0 Å². The molecule has 2 N–H and O–H groups in total. The zero-order valence-electron chi connectivity index (χ0n) is 8.22. The summed E-state index contributed by atoms with van der Waals surface area (Å²) in [5.41, 5.74) is 0. The van der Waals surface area contributed by atoms with Crippen molar-refractivity contribution >= 4 is 21.6 Å². The van der Waals surface area contributed by atoms with Crippen molar-refractivity contribution in [2.45, 2.75) is 17.4 Å². The Hall–Kier alpha value is -0.900. The van der Waals surface area contributed by atoms with Crippen molar-refractivity contribution in [1.82, 2.24) is 14.7 Å². The summed E-state index contributed by atoms with van der Waals surface area (Å²) in [7, 11) is -4.03. The number of rotatable bonds is 5. The topological polar surface area (TPSA) is 92.2 Å². The second-order valence-electron chi connectivity index (χ2n) is 2.94. The third-order valence-corrected chi connectivity index (χ3v) is 3.25. The highest BCUT2D eigenvalue weighted by Crippen LogP contribution is 2.08. The molecule has 1 aromatic heterocycles. The Morgan fingerprint density at radius 2 is 1.94 bits per heavy atom. The molecule has 0 bridgehead atoms. The van der Waals surface area contributed by atoms with Crippen molar-refractivity contribution in [1.29, 1.82) is 0 Å². The fourth-order valence-electron chi connectivity index (χ4n) is 0.807. The highest BCUT2D eigenvalue weighted by atomic mass is 35.5. The number of halogens is 3. The molecule has 0 spiro atoms. The summed E-state index contributed by atoms with van der Waals surface area (Å²) in [5, 5.41) is 8.61. The molecule has 0 saturated carbocycles. The third kappa shape index (κ3) is 4.11. The molecule has 0 radical (unpaired) electrons. The molecule has 0 aliphatic carbocycles. The summed E-state index contributed by atoms with van der Waals surface area (Å²) in [6.07, 6.45) is -3.25. The second kappa shape index (κ2) is 5.63. The zero-order chi connectivity index (χ0) is 13.1. The number of aliphatic hydroxyl groups excluding tert-OH is 1. The molecule has 0 aliphatic heterocycles. The highest BCUT2D eigenvalue weighted by Gasteiger charge is 2.21. The number of nitrogens with zero attached hydrogens (tertiary/aromatic N) is 2. The monoisotopic (exact) mass is 287 g/mol. The molecule has 1 heterocycles. The minimum atomic E-state index is -4.03. The molecule has 0 aromatic carbocycles. The standard InChI is InChI=1S/C7H8ClF2N3O3S/c8-7-11-1-4(2-12-7)17(15,16)13-3-5(14)6(9)10/h1-2,5-6,13-14H,3H2. The predicted molar refractivity (Wildman–Crippen MR) is 54.2 cm³/mol. The van der Waals surface area contributed by atoms with Crippen molar-refractivity contribution in [3.63, 3.8) is 0 Å². The van der Waals surface area contributed by atoms with Gasteiger partial charge in [-0.15, -0.1) is 0 Å². The number of hydrogen-bond donors (Lipinski definition) is 2. The molecular formula is C7H8ClF2N3O3S. The average Bonchev–Trinajstić information content (AvgIpc) is 2.26. The minimum absolute atomic E-state index is 0.142. The van der Waals surface area contributed by atoms with Crippen LogP contribution in [-0.4, -0.2) is 42.6 Å². The molecule has 6 nitrogen and oxygen atoms in total. The largest absolute Gasteiger partial charge is 0.386 e. The van der Waals surface area contributed by atoms with Gasteiger partial charge in [0.1, 0.15) is 11.0 Å². The summed E-state index contributed by atoms with van der Waals surface area (Å²) >= 11 is 5.35. The Morgan fingerprint density at radius 1 is 1.41 bits per heavy atom. The van der Waals surface area contributed by atoms with Gasteiger partial charge in [-0.1, -0.05) is 0 Å². The second-order valence-corrected chi connectivity index (χ2v) is 5.05. The normalized spacial score (nSPS) is 13.9. The fraction of sp³-hybridized carbons (Fsp3) is 0.429. The van der Waals surface area contributed by atoms with Crippen molar-refractivity contribution < 1.29 is 22.3 Å². The summed E-state index contributed by atoms with van der Waals surface area (Å²) < 4.78 is 48.6. The van der Waals surface area contributed by atoms with Crippen LogP contribution < -0.4 is 4.72 Å². The quantitative estimate of drug-likeness (QED) is 0.746. The lowest BCUT2D eigenvalue weighted by atomic mass is 10.4. The van der Waals surface area contributed by atoms with Gasteiger partial charge in [0.25, 0.3) is 6.43 Å². The van der Waals surface area contributed by atoms with Crippen LogP contribution in [0.5, 0.6) is 0 Å². The zero-order valence-corrected chi connectivity index (χ0v) is 9.79. The van der Waals surface area contributed by atoms with Crippen molar-refractivity contribution in [3.05, 3.63) is 17.7 Å². The van der Waals surface area contributed by atoms with Crippen LogP contribution in [0.4, 0.5) is 8.78 Å². The number of sulfonamides is 1. The summed E-state index contributed by atoms with van der Waals surface area (Å²) in [4.78, 5) is 6.53. The Morgan fingerprint density at radius 3 is 2.41 bits per heavy atom. The molecule has 17 heavy (non-hydrogen) atoms. The van der Waals surface area contributed by atoms with Gasteiger partial charge in [-0.3, -0.25) is 0 Å². The lowest BCUT2D eigenvalue weighted by Crippen LogP contribution is -2.35. The molecule has 0 amide bonds. The van der Waals surface area contributed by atoms with Gasteiger partial charge in [0.15, 0.2) is 0 Å². The van der Waals surface area contributed by atoms with E-state index >= 15 is 0 Å². The molecule has 10 heteroatoms. The lowest BCUT2D eigenvalue weighted by Gasteiger charge is -2.10. The van der Waals surface area contributed by atoms with Crippen LogP contribution in [0.3, 0.4) is 0 Å². The number of nitrogens with one attached hydrogen (secondary N) is 1. The van der Waals surface area contributed by atoms with E-state index in [1.165, 1.54) is 0 Å². The first-order valence-electron chi connectivity index (χ1n) is 4.26. The minimum Gasteiger partial charge on any atom is -0.386 e. The van der Waals surface area contributed by atoms with Crippen molar-refractivity contribution in [2.75, 3.05) is 6.54 Å². The molecular weight excluding hydrogens is 280 g/mol. The molecule has 0 saturated heterocycles. The van der Waals surface area contributed by atoms with E-state index in [9.17, 15) is 17.2 Å². The first-order chi connectivity index (χ1) is 7.83. The number of aliphatic hydroxyl groups is 1. The van der Waals surface area contributed by atoms with Gasteiger partial charge in [-0.25, -0.2) is 31.9 Å². The molecule has 0 aliphatic rings. The summed E-state index contributed by atoms with van der Waals surface area (Å²) in [6, 6.07) is 0. The van der Waals surface area contributed by atoms with Gasteiger partial charge in [-0.05, 0) is 11.6 Å². The molecule has 1 atom stereocenters.